The number of rotatable bonds is 2. The van der Waals surface area contributed by atoms with Crippen LogP contribution in [0.1, 0.15) is 45.1 Å². The first-order valence-electron chi connectivity index (χ1n) is 8.87. The van der Waals surface area contributed by atoms with Gasteiger partial charge in [-0.15, -0.1) is 6.58 Å². The Labute approximate surface area is 136 Å². The second-order valence-electron chi connectivity index (χ2n) is 5.70. The molecule has 1 atom stereocenters. The molecule has 0 nitrogen and oxygen atoms in total. The van der Waals surface area contributed by atoms with Gasteiger partial charge in [-0.05, 0) is 48.9 Å². The van der Waals surface area contributed by atoms with E-state index >= 15 is 0 Å². The maximum Gasteiger partial charge on any atom is 0.0603 e. The van der Waals surface area contributed by atoms with E-state index in [0.29, 0.717) is 12.8 Å². The van der Waals surface area contributed by atoms with Gasteiger partial charge in [-0.2, -0.15) is 0 Å². The molecule has 0 spiro atoms. The fourth-order valence-corrected chi connectivity index (χ4v) is 3.09. The van der Waals surface area contributed by atoms with Gasteiger partial charge in [0, 0.05) is 8.30 Å². The van der Waals surface area contributed by atoms with Crippen molar-refractivity contribution in [1.29, 1.82) is 0 Å². The highest BCUT2D eigenvalue weighted by Crippen LogP contribution is 2.39. The first kappa shape index (κ1) is 12.3. The van der Waals surface area contributed by atoms with Crippen LogP contribution in [0, 0.1) is 11.8 Å². The molecule has 0 saturated heterocycles. The minimum Gasteiger partial charge on any atom is -0.103 e. The van der Waals surface area contributed by atoms with Crippen molar-refractivity contribution in [3.05, 3.63) is 83.9 Å². The van der Waals surface area contributed by atoms with Crippen LogP contribution in [-0.2, 0) is 11.8 Å². The lowest BCUT2D eigenvalue weighted by atomic mass is 9.74. The summed E-state index contributed by atoms with van der Waals surface area (Å²) >= 11 is 0. The van der Waals surface area contributed by atoms with Crippen LogP contribution in [0.15, 0.2) is 67.3 Å². The number of allylic oxidation sites excluding steroid dienone is 1. The number of aryl methyl sites for hydroxylation is 1. The molecule has 0 N–H and O–H groups in total. The van der Waals surface area contributed by atoms with E-state index in [1.54, 1.807) is 6.08 Å². The van der Waals surface area contributed by atoms with Crippen molar-refractivity contribution < 1.29 is 2.74 Å². The Kier molecular flexibility index (Phi) is 3.73. The lowest BCUT2D eigenvalue weighted by Crippen LogP contribution is -2.24. The van der Waals surface area contributed by atoms with E-state index in [0.717, 1.165) is 24.0 Å². The van der Waals surface area contributed by atoms with Gasteiger partial charge in [0.15, 0.2) is 0 Å². The minimum absolute atomic E-state index is 0.511. The van der Waals surface area contributed by atoms with Gasteiger partial charge in [0.25, 0.3) is 0 Å². The van der Waals surface area contributed by atoms with Gasteiger partial charge in [0.05, 0.1) is 5.41 Å². The minimum atomic E-state index is -1.39. The third kappa shape index (κ3) is 3.00. The molecule has 0 aliphatic heterocycles. The third-order valence-electron chi connectivity index (χ3n) is 4.17. The average molecular weight is 288 g/mol. The van der Waals surface area contributed by atoms with E-state index in [9.17, 15) is 0 Å². The maximum atomic E-state index is 8.79. The van der Waals surface area contributed by atoms with Crippen molar-refractivity contribution in [2.24, 2.45) is 0 Å². The standard InChI is InChI=1S/C22H22/c1-2-16-22(18-15-19-10-4-3-5-11-19)17-9-8-13-20-12-6-7-14-21(20)22/h2-7,10-12,14H,1,8-9,13,16-17H2/i17D2. The number of benzene rings is 2. The van der Waals surface area contributed by atoms with Crippen LogP contribution >= 0.6 is 0 Å². The van der Waals surface area contributed by atoms with Crippen LogP contribution in [0.4, 0.5) is 0 Å². The summed E-state index contributed by atoms with van der Waals surface area (Å²) in [6.45, 7) is 3.89. The normalized spacial score (nSPS) is 23.8. The molecule has 0 amide bonds. The van der Waals surface area contributed by atoms with Gasteiger partial charge in [-0.25, -0.2) is 0 Å². The summed E-state index contributed by atoms with van der Waals surface area (Å²) in [5.41, 5.74) is 2.30. The summed E-state index contributed by atoms with van der Waals surface area (Å²) in [5, 5.41) is 0. The van der Waals surface area contributed by atoms with Crippen LogP contribution in [0.2, 0.25) is 0 Å². The van der Waals surface area contributed by atoms with Gasteiger partial charge in [0.2, 0.25) is 0 Å². The van der Waals surface area contributed by atoms with Crippen molar-refractivity contribution in [3.8, 4) is 11.8 Å². The van der Waals surface area contributed by atoms with Gasteiger partial charge < -0.3 is 0 Å². The van der Waals surface area contributed by atoms with Gasteiger partial charge in [-0.3, -0.25) is 0 Å². The topological polar surface area (TPSA) is 0 Å². The van der Waals surface area contributed by atoms with Crippen molar-refractivity contribution in [1.82, 2.24) is 0 Å². The lowest BCUT2D eigenvalue weighted by Gasteiger charge is -2.28. The smallest absolute Gasteiger partial charge is 0.0603 e. The van der Waals surface area contributed by atoms with Crippen LogP contribution in [0.25, 0.3) is 0 Å². The van der Waals surface area contributed by atoms with Crippen LogP contribution < -0.4 is 0 Å². The molecule has 1 aliphatic carbocycles. The number of fused-ring (bicyclic) bond motifs is 1. The molecule has 1 aliphatic rings. The zero-order valence-corrected chi connectivity index (χ0v) is 12.8. The fourth-order valence-electron chi connectivity index (χ4n) is 3.09. The van der Waals surface area contributed by atoms with Crippen molar-refractivity contribution in [2.45, 2.75) is 37.5 Å². The summed E-state index contributed by atoms with van der Waals surface area (Å²) in [6.07, 6.45) is 3.18. The van der Waals surface area contributed by atoms with Crippen molar-refractivity contribution >= 4 is 0 Å². The Morgan fingerprint density at radius 3 is 2.68 bits per heavy atom. The summed E-state index contributed by atoms with van der Waals surface area (Å²) < 4.78 is 17.6. The van der Waals surface area contributed by atoms with E-state index in [-0.39, 0.29) is 0 Å². The van der Waals surface area contributed by atoms with Crippen LogP contribution in [0.5, 0.6) is 0 Å². The molecular weight excluding hydrogens is 264 g/mol. The van der Waals surface area contributed by atoms with Crippen molar-refractivity contribution in [3.63, 3.8) is 0 Å². The fraction of sp³-hybridized carbons (Fsp3) is 0.273. The summed E-state index contributed by atoms with van der Waals surface area (Å²) in [7, 11) is 0. The highest BCUT2D eigenvalue weighted by Gasteiger charge is 2.32. The molecule has 0 aromatic heterocycles. The molecule has 0 fully saturated rings. The zero-order valence-electron chi connectivity index (χ0n) is 14.8. The molecule has 3 rings (SSSR count). The first-order chi connectivity index (χ1) is 11.6. The summed E-state index contributed by atoms with van der Waals surface area (Å²) in [5.74, 6) is 6.57. The second-order valence-corrected chi connectivity index (χ2v) is 5.70. The Morgan fingerprint density at radius 1 is 1.09 bits per heavy atom. The van der Waals surface area contributed by atoms with E-state index in [4.69, 9.17) is 2.74 Å². The molecule has 2 aromatic carbocycles. The van der Waals surface area contributed by atoms with E-state index in [1.807, 2.05) is 48.5 Å². The second kappa shape index (κ2) is 6.67. The molecule has 0 radical (unpaired) electrons. The maximum absolute atomic E-state index is 8.79. The van der Waals surface area contributed by atoms with Crippen molar-refractivity contribution in [2.75, 3.05) is 0 Å². The molecule has 0 heterocycles. The Bertz CT molecular complexity index is 780. The van der Waals surface area contributed by atoms with Crippen LogP contribution in [0.3, 0.4) is 0 Å². The highest BCUT2D eigenvalue weighted by molar-refractivity contribution is 5.46. The summed E-state index contributed by atoms with van der Waals surface area (Å²) in [4.78, 5) is 0. The molecule has 22 heavy (non-hydrogen) atoms. The first-order valence-corrected chi connectivity index (χ1v) is 7.87. The predicted octanol–water partition coefficient (Wildman–Crippen LogP) is 5.28. The molecule has 1 unspecified atom stereocenters. The molecule has 0 bridgehead atoms. The molecule has 0 saturated carbocycles. The number of hydrogen-bond acceptors (Lipinski definition) is 0. The molecular formula is C22H22. The van der Waals surface area contributed by atoms with Gasteiger partial charge >= 0.3 is 0 Å². The van der Waals surface area contributed by atoms with Crippen LogP contribution in [-0.4, -0.2) is 0 Å². The highest BCUT2D eigenvalue weighted by atomic mass is 14.3. The largest absolute Gasteiger partial charge is 0.103 e. The van der Waals surface area contributed by atoms with E-state index in [1.165, 1.54) is 5.56 Å². The molecule has 0 heteroatoms. The van der Waals surface area contributed by atoms with Gasteiger partial charge in [-0.1, -0.05) is 66.8 Å². The summed E-state index contributed by atoms with van der Waals surface area (Å²) in [6, 6.07) is 18.0. The molecule has 110 valence electrons. The Balaban J connectivity index is 2.22. The molecule has 2 aromatic rings. The van der Waals surface area contributed by atoms with E-state index < -0.39 is 11.8 Å². The van der Waals surface area contributed by atoms with E-state index in [2.05, 4.69) is 24.5 Å². The average Bonchev–Trinajstić information content (AvgIpc) is 2.69. The predicted molar refractivity (Wildman–Crippen MR) is 93.8 cm³/mol. The van der Waals surface area contributed by atoms with Gasteiger partial charge in [0.1, 0.15) is 0 Å². The third-order valence-corrected chi connectivity index (χ3v) is 4.17. The zero-order chi connectivity index (χ0) is 17.0. The Hall–Kier alpha value is -2.26. The number of hydrogen-bond donors (Lipinski definition) is 0. The monoisotopic (exact) mass is 288 g/mol. The SMILES string of the molecule is [2H]C1([2H])CCCc2ccccc2C1(C#Cc1ccccc1)CC=C. The Morgan fingerprint density at radius 2 is 1.86 bits per heavy atom. The lowest BCUT2D eigenvalue weighted by molar-refractivity contribution is 0.501. The quantitative estimate of drug-likeness (QED) is 0.401.